The topological polar surface area (TPSA) is 76.4 Å². The lowest BCUT2D eigenvalue weighted by molar-refractivity contribution is 0.223. The zero-order chi connectivity index (χ0) is 17.4. The van der Waals surface area contributed by atoms with E-state index in [0.717, 1.165) is 24.1 Å². The minimum absolute atomic E-state index is 0.0190. The Bertz CT molecular complexity index is 667. The number of aliphatic imine (C=N–C) groups is 1. The van der Waals surface area contributed by atoms with Crippen molar-refractivity contribution in [1.82, 2.24) is 25.4 Å². The average Bonchev–Trinajstić information content (AvgIpc) is 2.95. The maximum atomic E-state index is 5.92. The molecule has 0 amide bonds. The fourth-order valence-corrected chi connectivity index (χ4v) is 2.14. The fraction of sp³-hybridized carbons (Fsp3) is 0.471. The molecule has 0 aliphatic carbocycles. The van der Waals surface area contributed by atoms with Crippen LogP contribution in [0.15, 0.2) is 35.6 Å². The number of hydrogen-bond donors (Lipinski definition) is 2. The van der Waals surface area contributed by atoms with Crippen molar-refractivity contribution in [3.8, 4) is 5.75 Å². The average molecular weight is 330 g/mol. The van der Waals surface area contributed by atoms with E-state index in [9.17, 15) is 0 Å². The summed E-state index contributed by atoms with van der Waals surface area (Å²) in [6, 6.07) is 8.05. The van der Waals surface area contributed by atoms with Gasteiger partial charge in [0.25, 0.3) is 0 Å². The molecule has 2 N–H and O–H groups in total. The van der Waals surface area contributed by atoms with Crippen molar-refractivity contribution in [3.05, 3.63) is 42.0 Å². The van der Waals surface area contributed by atoms with Gasteiger partial charge in [-0.15, -0.1) is 10.2 Å². The molecule has 0 radical (unpaired) electrons. The molecular formula is C17H26N6O. The van der Waals surface area contributed by atoms with Gasteiger partial charge >= 0.3 is 0 Å². The van der Waals surface area contributed by atoms with E-state index in [2.05, 4.69) is 38.8 Å². The molecule has 0 fully saturated rings. The summed E-state index contributed by atoms with van der Waals surface area (Å²) in [5, 5.41) is 14.4. The summed E-state index contributed by atoms with van der Waals surface area (Å²) < 4.78 is 7.78. The van der Waals surface area contributed by atoms with Gasteiger partial charge in [0.15, 0.2) is 11.8 Å². The van der Waals surface area contributed by atoms with Gasteiger partial charge in [0.05, 0.1) is 6.54 Å². The minimum Gasteiger partial charge on any atom is -0.489 e. The van der Waals surface area contributed by atoms with Gasteiger partial charge in [0.2, 0.25) is 0 Å². The molecule has 7 heteroatoms. The first kappa shape index (κ1) is 17.8. The molecular weight excluding hydrogens is 304 g/mol. The third kappa shape index (κ3) is 5.57. The lowest BCUT2D eigenvalue weighted by atomic mass is 10.2. The van der Waals surface area contributed by atoms with Crippen LogP contribution in [0.3, 0.4) is 0 Å². The zero-order valence-electron chi connectivity index (χ0n) is 14.8. The summed E-state index contributed by atoms with van der Waals surface area (Å²) in [5.74, 6) is 2.43. The Morgan fingerprint density at radius 1 is 1.38 bits per heavy atom. The monoisotopic (exact) mass is 330 g/mol. The second-order valence-electron chi connectivity index (χ2n) is 5.68. The van der Waals surface area contributed by atoms with Crippen LogP contribution < -0.4 is 15.4 Å². The molecule has 0 aliphatic rings. The number of guanidine groups is 1. The molecule has 7 nitrogen and oxygen atoms in total. The van der Waals surface area contributed by atoms with E-state index < -0.39 is 0 Å². The summed E-state index contributed by atoms with van der Waals surface area (Å²) in [6.07, 6.45) is 1.69. The molecule has 1 aromatic carbocycles. The summed E-state index contributed by atoms with van der Waals surface area (Å²) in [6.45, 7) is 8.03. The SMILES string of the molecule is CCNC(=NCc1nncn1C)NCC(C)Oc1cccc(C)c1. The van der Waals surface area contributed by atoms with E-state index in [-0.39, 0.29) is 6.10 Å². The molecule has 130 valence electrons. The number of benzene rings is 1. The molecule has 2 rings (SSSR count). The highest BCUT2D eigenvalue weighted by molar-refractivity contribution is 5.79. The van der Waals surface area contributed by atoms with E-state index in [0.29, 0.717) is 13.1 Å². The Balaban J connectivity index is 1.87. The van der Waals surface area contributed by atoms with Crippen LogP contribution >= 0.6 is 0 Å². The highest BCUT2D eigenvalue weighted by atomic mass is 16.5. The zero-order valence-corrected chi connectivity index (χ0v) is 14.8. The Kier molecular flexibility index (Phi) is 6.60. The van der Waals surface area contributed by atoms with Gasteiger partial charge in [-0.3, -0.25) is 0 Å². The molecule has 0 saturated carbocycles. The van der Waals surface area contributed by atoms with Crippen LogP contribution in [0.1, 0.15) is 25.2 Å². The lowest BCUT2D eigenvalue weighted by Gasteiger charge is -2.18. The second kappa shape index (κ2) is 8.90. The van der Waals surface area contributed by atoms with Crippen LogP contribution in [-0.4, -0.2) is 39.9 Å². The normalized spacial score (nSPS) is 12.8. The Morgan fingerprint density at radius 2 is 2.21 bits per heavy atom. The van der Waals surface area contributed by atoms with Gasteiger partial charge in [-0.1, -0.05) is 12.1 Å². The summed E-state index contributed by atoms with van der Waals surface area (Å²) in [4.78, 5) is 4.53. The molecule has 0 aliphatic heterocycles. The molecule has 0 spiro atoms. The van der Waals surface area contributed by atoms with Crippen LogP contribution in [0.2, 0.25) is 0 Å². The molecule has 1 aromatic heterocycles. The summed E-state index contributed by atoms with van der Waals surface area (Å²) in [7, 11) is 1.91. The standard InChI is InChI=1S/C17H26N6O/c1-5-18-17(20-11-16-22-21-12-23(16)4)19-10-14(3)24-15-8-6-7-13(2)9-15/h6-9,12,14H,5,10-11H2,1-4H3,(H2,18,19,20). The summed E-state index contributed by atoms with van der Waals surface area (Å²) >= 11 is 0. The molecule has 1 heterocycles. The Hall–Kier alpha value is -2.57. The maximum absolute atomic E-state index is 5.92. The highest BCUT2D eigenvalue weighted by Crippen LogP contribution is 2.13. The van der Waals surface area contributed by atoms with Gasteiger partial charge in [-0.25, -0.2) is 4.99 Å². The van der Waals surface area contributed by atoms with Crippen LogP contribution in [0.25, 0.3) is 0 Å². The van der Waals surface area contributed by atoms with Crippen LogP contribution in [-0.2, 0) is 13.6 Å². The van der Waals surface area contributed by atoms with Crippen molar-refractivity contribution in [2.45, 2.75) is 33.4 Å². The number of aryl methyl sites for hydroxylation is 2. The first-order valence-corrected chi connectivity index (χ1v) is 8.17. The molecule has 1 unspecified atom stereocenters. The van der Waals surface area contributed by atoms with E-state index >= 15 is 0 Å². The van der Waals surface area contributed by atoms with E-state index in [4.69, 9.17) is 4.74 Å². The predicted molar refractivity (Wildman–Crippen MR) is 95.1 cm³/mol. The first-order valence-electron chi connectivity index (χ1n) is 8.17. The van der Waals surface area contributed by atoms with E-state index in [1.165, 1.54) is 5.56 Å². The highest BCUT2D eigenvalue weighted by Gasteiger charge is 2.07. The van der Waals surface area contributed by atoms with Gasteiger partial charge in [-0.05, 0) is 38.5 Å². The van der Waals surface area contributed by atoms with E-state index in [1.54, 1.807) is 6.33 Å². The number of nitrogens with one attached hydrogen (secondary N) is 2. The molecule has 2 aromatic rings. The number of ether oxygens (including phenoxy) is 1. The van der Waals surface area contributed by atoms with Crippen molar-refractivity contribution in [1.29, 1.82) is 0 Å². The summed E-state index contributed by atoms with van der Waals surface area (Å²) in [5.41, 5.74) is 1.19. The lowest BCUT2D eigenvalue weighted by Crippen LogP contribution is -2.41. The van der Waals surface area contributed by atoms with E-state index in [1.807, 2.05) is 43.7 Å². The number of rotatable bonds is 7. The first-order chi connectivity index (χ1) is 11.6. The number of aromatic nitrogens is 3. The van der Waals surface area contributed by atoms with Crippen LogP contribution in [0, 0.1) is 6.92 Å². The Morgan fingerprint density at radius 3 is 2.88 bits per heavy atom. The van der Waals surface area contributed by atoms with Crippen LogP contribution in [0.5, 0.6) is 5.75 Å². The second-order valence-corrected chi connectivity index (χ2v) is 5.68. The van der Waals surface area contributed by atoms with Crippen molar-refractivity contribution >= 4 is 5.96 Å². The van der Waals surface area contributed by atoms with Crippen molar-refractivity contribution in [3.63, 3.8) is 0 Å². The van der Waals surface area contributed by atoms with Gasteiger partial charge < -0.3 is 19.9 Å². The molecule has 0 bridgehead atoms. The van der Waals surface area contributed by atoms with Crippen molar-refractivity contribution < 1.29 is 4.74 Å². The molecule has 1 atom stereocenters. The largest absolute Gasteiger partial charge is 0.489 e. The number of hydrogen-bond acceptors (Lipinski definition) is 4. The maximum Gasteiger partial charge on any atom is 0.191 e. The third-order valence-electron chi connectivity index (χ3n) is 3.41. The molecule has 0 saturated heterocycles. The van der Waals surface area contributed by atoms with Gasteiger partial charge in [-0.2, -0.15) is 0 Å². The predicted octanol–water partition coefficient (Wildman–Crippen LogP) is 1.65. The minimum atomic E-state index is 0.0190. The molecule has 24 heavy (non-hydrogen) atoms. The fourth-order valence-electron chi connectivity index (χ4n) is 2.14. The number of nitrogens with zero attached hydrogens (tertiary/aromatic N) is 4. The van der Waals surface area contributed by atoms with Gasteiger partial charge in [0, 0.05) is 13.6 Å². The van der Waals surface area contributed by atoms with Crippen LogP contribution in [0.4, 0.5) is 0 Å². The van der Waals surface area contributed by atoms with Gasteiger partial charge in [0.1, 0.15) is 24.7 Å². The smallest absolute Gasteiger partial charge is 0.191 e. The third-order valence-corrected chi connectivity index (χ3v) is 3.41. The Labute approximate surface area is 143 Å². The van der Waals surface area contributed by atoms with Crippen molar-refractivity contribution in [2.24, 2.45) is 12.0 Å². The quantitative estimate of drug-likeness (QED) is 0.596. The van der Waals surface area contributed by atoms with Crippen molar-refractivity contribution in [2.75, 3.05) is 13.1 Å².